The van der Waals surface area contributed by atoms with Crippen LogP contribution in [0.4, 0.5) is 0 Å². The molecule has 66 valence electrons. The van der Waals surface area contributed by atoms with Gasteiger partial charge in [-0.15, -0.1) is 0 Å². The van der Waals surface area contributed by atoms with Crippen molar-refractivity contribution in [2.75, 3.05) is 14.2 Å². The SMILES string of the molecule is COC1CC(O)NC(OC)C1. The summed E-state index contributed by atoms with van der Waals surface area (Å²) in [6.07, 6.45) is 0.957. The maximum absolute atomic E-state index is 9.24. The number of nitrogens with one attached hydrogen (secondary N) is 1. The van der Waals surface area contributed by atoms with E-state index in [1.54, 1.807) is 14.2 Å². The van der Waals surface area contributed by atoms with Gasteiger partial charge in [-0.1, -0.05) is 0 Å². The number of aliphatic hydroxyl groups excluding tert-OH is 1. The van der Waals surface area contributed by atoms with Crippen LogP contribution >= 0.6 is 0 Å². The van der Waals surface area contributed by atoms with Gasteiger partial charge in [-0.05, 0) is 0 Å². The molecule has 1 aliphatic heterocycles. The number of ether oxygens (including phenoxy) is 2. The molecule has 0 bridgehead atoms. The largest absolute Gasteiger partial charge is 0.381 e. The molecule has 0 aromatic rings. The number of hydrogen-bond acceptors (Lipinski definition) is 4. The zero-order valence-corrected chi connectivity index (χ0v) is 6.91. The van der Waals surface area contributed by atoms with Crippen LogP contribution in [-0.4, -0.2) is 37.9 Å². The maximum Gasteiger partial charge on any atom is 0.112 e. The quantitative estimate of drug-likeness (QED) is 0.582. The van der Waals surface area contributed by atoms with Crippen LogP contribution in [-0.2, 0) is 9.47 Å². The molecule has 3 unspecified atom stereocenters. The van der Waals surface area contributed by atoms with E-state index in [2.05, 4.69) is 5.32 Å². The monoisotopic (exact) mass is 161 g/mol. The molecule has 0 amide bonds. The third kappa shape index (κ3) is 2.41. The van der Waals surface area contributed by atoms with Gasteiger partial charge in [0.2, 0.25) is 0 Å². The average Bonchev–Trinajstić information content (AvgIpc) is 2.03. The highest BCUT2D eigenvalue weighted by Crippen LogP contribution is 2.14. The summed E-state index contributed by atoms with van der Waals surface area (Å²) in [6.45, 7) is 0. The molecule has 3 atom stereocenters. The van der Waals surface area contributed by atoms with Crippen molar-refractivity contribution < 1.29 is 14.6 Å². The van der Waals surface area contributed by atoms with E-state index in [0.717, 1.165) is 6.42 Å². The van der Waals surface area contributed by atoms with Crippen LogP contribution in [0.25, 0.3) is 0 Å². The Hall–Kier alpha value is -0.160. The van der Waals surface area contributed by atoms with Crippen molar-refractivity contribution in [3.63, 3.8) is 0 Å². The normalized spacial score (nSPS) is 39.0. The molecular formula is C7H15NO3. The van der Waals surface area contributed by atoms with Crippen LogP contribution in [0.2, 0.25) is 0 Å². The Morgan fingerprint density at radius 1 is 1.27 bits per heavy atom. The highest BCUT2D eigenvalue weighted by Gasteiger charge is 2.26. The molecule has 2 N–H and O–H groups in total. The average molecular weight is 161 g/mol. The number of hydrogen-bond donors (Lipinski definition) is 2. The third-order valence-corrected chi connectivity index (χ3v) is 1.96. The number of aliphatic hydroxyl groups is 1. The van der Waals surface area contributed by atoms with Crippen molar-refractivity contribution in [2.45, 2.75) is 31.4 Å². The molecule has 0 saturated carbocycles. The molecule has 11 heavy (non-hydrogen) atoms. The molecule has 4 heteroatoms. The Kier molecular flexibility index (Phi) is 3.26. The zero-order valence-electron chi connectivity index (χ0n) is 6.91. The fraction of sp³-hybridized carbons (Fsp3) is 1.00. The van der Waals surface area contributed by atoms with Crippen molar-refractivity contribution in [1.29, 1.82) is 0 Å². The second-order valence-corrected chi connectivity index (χ2v) is 2.74. The lowest BCUT2D eigenvalue weighted by Crippen LogP contribution is -2.48. The Bertz CT molecular complexity index is 108. The van der Waals surface area contributed by atoms with Crippen LogP contribution in [0.15, 0.2) is 0 Å². The van der Waals surface area contributed by atoms with Crippen molar-refractivity contribution in [3.05, 3.63) is 0 Å². The maximum atomic E-state index is 9.24. The van der Waals surface area contributed by atoms with Gasteiger partial charge >= 0.3 is 0 Å². The summed E-state index contributed by atoms with van der Waals surface area (Å²) in [4.78, 5) is 0. The predicted molar refractivity (Wildman–Crippen MR) is 40.0 cm³/mol. The van der Waals surface area contributed by atoms with Gasteiger partial charge in [-0.25, -0.2) is 0 Å². The molecule has 0 radical (unpaired) electrons. The van der Waals surface area contributed by atoms with Gasteiger partial charge in [-0.3, -0.25) is 5.32 Å². The lowest BCUT2D eigenvalue weighted by atomic mass is 10.1. The fourth-order valence-corrected chi connectivity index (χ4v) is 1.29. The smallest absolute Gasteiger partial charge is 0.112 e. The van der Waals surface area contributed by atoms with E-state index < -0.39 is 6.23 Å². The van der Waals surface area contributed by atoms with E-state index in [-0.39, 0.29) is 12.3 Å². The van der Waals surface area contributed by atoms with Gasteiger partial charge in [0.1, 0.15) is 12.5 Å². The minimum absolute atomic E-state index is 0.0799. The van der Waals surface area contributed by atoms with E-state index in [9.17, 15) is 5.11 Å². The highest BCUT2D eigenvalue weighted by atomic mass is 16.5. The Morgan fingerprint density at radius 3 is 2.55 bits per heavy atom. The van der Waals surface area contributed by atoms with E-state index >= 15 is 0 Å². The van der Waals surface area contributed by atoms with Gasteiger partial charge in [0.15, 0.2) is 0 Å². The molecular weight excluding hydrogens is 146 g/mol. The van der Waals surface area contributed by atoms with Crippen molar-refractivity contribution in [3.8, 4) is 0 Å². The first kappa shape index (κ1) is 8.93. The highest BCUT2D eigenvalue weighted by molar-refractivity contribution is 4.75. The first-order chi connectivity index (χ1) is 5.26. The van der Waals surface area contributed by atoms with E-state index in [1.165, 1.54) is 0 Å². The van der Waals surface area contributed by atoms with E-state index in [1.807, 2.05) is 0 Å². The Balaban J connectivity index is 2.37. The predicted octanol–water partition coefficient (Wildman–Crippen LogP) is -0.324. The van der Waals surface area contributed by atoms with Gasteiger partial charge in [0, 0.05) is 27.1 Å². The summed E-state index contributed by atoms with van der Waals surface area (Å²) in [5.74, 6) is 0. The van der Waals surface area contributed by atoms with Crippen molar-refractivity contribution in [2.24, 2.45) is 0 Å². The van der Waals surface area contributed by atoms with Gasteiger partial charge in [0.05, 0.1) is 6.10 Å². The van der Waals surface area contributed by atoms with Crippen LogP contribution in [0.3, 0.4) is 0 Å². The molecule has 0 aromatic heterocycles. The topological polar surface area (TPSA) is 50.7 Å². The van der Waals surface area contributed by atoms with E-state index in [0.29, 0.717) is 6.42 Å². The van der Waals surface area contributed by atoms with E-state index in [4.69, 9.17) is 9.47 Å². The summed E-state index contributed by atoms with van der Waals surface area (Å²) < 4.78 is 10.2. The van der Waals surface area contributed by atoms with Crippen LogP contribution in [0, 0.1) is 0 Å². The van der Waals surface area contributed by atoms with Gasteiger partial charge < -0.3 is 14.6 Å². The third-order valence-electron chi connectivity index (χ3n) is 1.96. The van der Waals surface area contributed by atoms with Crippen LogP contribution in [0.5, 0.6) is 0 Å². The standard InChI is InChI=1S/C7H15NO3/c1-10-5-3-6(9)8-7(4-5)11-2/h5-9H,3-4H2,1-2H3. The number of methoxy groups -OCH3 is 2. The van der Waals surface area contributed by atoms with Crippen LogP contribution < -0.4 is 5.32 Å². The first-order valence-corrected chi connectivity index (χ1v) is 3.76. The van der Waals surface area contributed by atoms with Crippen molar-refractivity contribution >= 4 is 0 Å². The Labute approximate surface area is 66.5 Å². The molecule has 1 fully saturated rings. The second kappa shape index (κ2) is 4.01. The van der Waals surface area contributed by atoms with Crippen LogP contribution in [0.1, 0.15) is 12.8 Å². The molecule has 1 aliphatic rings. The summed E-state index contributed by atoms with van der Waals surface area (Å²) in [5, 5.41) is 12.1. The summed E-state index contributed by atoms with van der Waals surface area (Å²) in [6, 6.07) is 0. The van der Waals surface area contributed by atoms with Gasteiger partial charge in [0.25, 0.3) is 0 Å². The zero-order chi connectivity index (χ0) is 8.27. The summed E-state index contributed by atoms with van der Waals surface area (Å²) in [5.41, 5.74) is 0. The fourth-order valence-electron chi connectivity index (χ4n) is 1.29. The Morgan fingerprint density at radius 2 is 2.00 bits per heavy atom. The lowest BCUT2D eigenvalue weighted by Gasteiger charge is -2.31. The molecule has 1 rings (SSSR count). The number of piperidine rings is 1. The molecule has 1 heterocycles. The van der Waals surface area contributed by atoms with Gasteiger partial charge in [-0.2, -0.15) is 0 Å². The molecule has 4 nitrogen and oxygen atoms in total. The minimum atomic E-state index is -0.501. The molecule has 0 aromatic carbocycles. The minimum Gasteiger partial charge on any atom is -0.381 e. The summed E-state index contributed by atoms with van der Waals surface area (Å²) >= 11 is 0. The first-order valence-electron chi connectivity index (χ1n) is 3.76. The molecule has 0 aliphatic carbocycles. The number of rotatable bonds is 2. The second-order valence-electron chi connectivity index (χ2n) is 2.74. The lowest BCUT2D eigenvalue weighted by molar-refractivity contribution is -0.0803. The molecule has 1 saturated heterocycles. The molecule has 0 spiro atoms. The van der Waals surface area contributed by atoms with Crippen molar-refractivity contribution in [1.82, 2.24) is 5.32 Å². The summed E-state index contributed by atoms with van der Waals surface area (Å²) in [7, 11) is 3.26.